The summed E-state index contributed by atoms with van der Waals surface area (Å²) in [7, 11) is 5.98. The van der Waals surface area contributed by atoms with Crippen molar-refractivity contribution in [3.8, 4) is 0 Å². The molecule has 0 atom stereocenters. The second-order valence-electron chi connectivity index (χ2n) is 6.50. The van der Waals surface area contributed by atoms with E-state index >= 15 is 0 Å². The van der Waals surface area contributed by atoms with Gasteiger partial charge in [0.2, 0.25) is 0 Å². The topological polar surface area (TPSA) is 0 Å². The van der Waals surface area contributed by atoms with Crippen LogP contribution < -0.4 is 0 Å². The molecule has 14 heavy (non-hydrogen) atoms. The van der Waals surface area contributed by atoms with Gasteiger partial charge in [0, 0.05) is 0 Å². The molecular weight excluding hydrogens is 167 g/mol. The van der Waals surface area contributed by atoms with Crippen LogP contribution in [0.5, 0.6) is 0 Å². The molecule has 0 N–H and O–H groups in total. The van der Waals surface area contributed by atoms with Crippen LogP contribution in [0.1, 0.15) is 65.2 Å². The van der Waals surface area contributed by atoms with Crippen LogP contribution in [0.15, 0.2) is 0 Å². The fourth-order valence-corrected chi connectivity index (χ4v) is 3.21. The number of hydrogen-bond acceptors (Lipinski definition) is 0. The molecule has 78 valence electrons. The molecule has 0 nitrogen and oxygen atoms in total. The van der Waals surface area contributed by atoms with E-state index in [0.717, 1.165) is 0 Å². The SMILES string of the molecule is [B]C1CCC2(CC1)CCC(C)(C)CC2. The molecule has 0 saturated heterocycles. The molecule has 2 fully saturated rings. The lowest BCUT2D eigenvalue weighted by Crippen LogP contribution is -2.33. The molecule has 0 aromatic heterocycles. The van der Waals surface area contributed by atoms with Gasteiger partial charge >= 0.3 is 0 Å². The fourth-order valence-electron chi connectivity index (χ4n) is 3.21. The molecule has 2 aliphatic carbocycles. The summed E-state index contributed by atoms with van der Waals surface area (Å²) in [6, 6.07) is 0. The zero-order valence-corrected chi connectivity index (χ0v) is 9.81. The van der Waals surface area contributed by atoms with Crippen LogP contribution in [0.4, 0.5) is 0 Å². The minimum atomic E-state index is 0.510. The lowest BCUT2D eigenvalue weighted by Gasteiger charge is -2.47. The van der Waals surface area contributed by atoms with Crippen molar-refractivity contribution < 1.29 is 0 Å². The van der Waals surface area contributed by atoms with E-state index in [1.165, 1.54) is 51.4 Å². The molecule has 0 bridgehead atoms. The predicted octanol–water partition coefficient (Wildman–Crippen LogP) is 4.10. The Balaban J connectivity index is 1.93. The molecule has 0 aliphatic heterocycles. The van der Waals surface area contributed by atoms with Gasteiger partial charge in [0.15, 0.2) is 0 Å². The smallest absolute Gasteiger partial charge is 0.0699 e. The molecule has 1 spiro atoms. The molecule has 0 aromatic rings. The van der Waals surface area contributed by atoms with Gasteiger partial charge in [0.1, 0.15) is 0 Å². The average Bonchev–Trinajstić information content (AvgIpc) is 2.16. The Morgan fingerprint density at radius 1 is 0.857 bits per heavy atom. The van der Waals surface area contributed by atoms with Gasteiger partial charge in [-0.15, -0.1) is 0 Å². The summed E-state index contributed by atoms with van der Waals surface area (Å²) in [5.74, 6) is 0.510. The van der Waals surface area contributed by atoms with Gasteiger partial charge in [0.05, 0.1) is 7.85 Å². The Hall–Kier alpha value is 0.0649. The maximum Gasteiger partial charge on any atom is 0.0699 e. The molecule has 0 aromatic carbocycles. The van der Waals surface area contributed by atoms with Crippen LogP contribution in [0, 0.1) is 10.8 Å². The Kier molecular flexibility index (Phi) is 2.70. The predicted molar refractivity (Wildman–Crippen MR) is 62.7 cm³/mol. The number of rotatable bonds is 0. The van der Waals surface area contributed by atoms with Crippen molar-refractivity contribution in [3.63, 3.8) is 0 Å². The third kappa shape index (κ3) is 2.17. The van der Waals surface area contributed by atoms with Crippen molar-refractivity contribution in [1.29, 1.82) is 0 Å². The third-order valence-corrected chi connectivity index (χ3v) is 4.76. The first kappa shape index (κ1) is 10.6. The summed E-state index contributed by atoms with van der Waals surface area (Å²) in [6.07, 6.45) is 11.2. The molecule has 2 saturated carbocycles. The normalized spacial score (nSPS) is 31.9. The van der Waals surface area contributed by atoms with Crippen molar-refractivity contribution in [2.24, 2.45) is 10.8 Å². The van der Waals surface area contributed by atoms with Gasteiger partial charge in [-0.1, -0.05) is 32.5 Å². The maximum absolute atomic E-state index is 5.98. The first-order valence-electron chi connectivity index (χ1n) is 6.27. The van der Waals surface area contributed by atoms with Gasteiger partial charge in [-0.2, -0.15) is 0 Å². The third-order valence-electron chi connectivity index (χ3n) is 4.76. The summed E-state index contributed by atoms with van der Waals surface area (Å²) < 4.78 is 0. The van der Waals surface area contributed by atoms with Gasteiger partial charge in [-0.3, -0.25) is 0 Å². The first-order valence-corrected chi connectivity index (χ1v) is 6.27. The Bertz CT molecular complexity index is 187. The van der Waals surface area contributed by atoms with Crippen molar-refractivity contribution >= 4 is 7.85 Å². The van der Waals surface area contributed by atoms with Crippen LogP contribution in [-0.4, -0.2) is 7.85 Å². The zero-order valence-electron chi connectivity index (χ0n) is 9.81. The van der Waals surface area contributed by atoms with Crippen molar-refractivity contribution in [2.45, 2.75) is 71.0 Å². The van der Waals surface area contributed by atoms with E-state index in [1.807, 2.05) is 0 Å². The Labute approximate surface area is 90.3 Å². The minimum Gasteiger partial charge on any atom is -0.0773 e. The lowest BCUT2D eigenvalue weighted by molar-refractivity contribution is 0.0645. The van der Waals surface area contributed by atoms with Crippen LogP contribution in [0.2, 0.25) is 5.82 Å². The highest BCUT2D eigenvalue weighted by atomic mass is 14.4. The molecule has 2 radical (unpaired) electrons. The first-order chi connectivity index (χ1) is 6.52. The van der Waals surface area contributed by atoms with Gasteiger partial charge in [0.25, 0.3) is 0 Å². The molecular formula is C13H23B. The number of hydrogen-bond donors (Lipinski definition) is 0. The molecule has 2 aliphatic rings. The van der Waals surface area contributed by atoms with Crippen molar-refractivity contribution in [2.75, 3.05) is 0 Å². The second-order valence-corrected chi connectivity index (χ2v) is 6.50. The average molecular weight is 190 g/mol. The highest BCUT2D eigenvalue weighted by molar-refractivity contribution is 6.11. The van der Waals surface area contributed by atoms with E-state index in [-0.39, 0.29) is 0 Å². The van der Waals surface area contributed by atoms with E-state index in [1.54, 1.807) is 0 Å². The van der Waals surface area contributed by atoms with Gasteiger partial charge < -0.3 is 0 Å². The zero-order chi connectivity index (χ0) is 10.2. The molecule has 2 rings (SSSR count). The molecule has 0 heterocycles. The van der Waals surface area contributed by atoms with E-state index in [4.69, 9.17) is 7.85 Å². The second kappa shape index (κ2) is 3.57. The van der Waals surface area contributed by atoms with E-state index in [9.17, 15) is 0 Å². The standard InChI is InChI=1S/C13H23B/c1-12(2)7-9-13(10-8-12)5-3-11(14)4-6-13/h11H,3-10H2,1-2H3. The molecule has 0 amide bonds. The van der Waals surface area contributed by atoms with E-state index in [2.05, 4.69) is 13.8 Å². The Morgan fingerprint density at radius 3 is 1.86 bits per heavy atom. The highest BCUT2D eigenvalue weighted by Gasteiger charge is 2.39. The summed E-state index contributed by atoms with van der Waals surface area (Å²) in [6.45, 7) is 4.85. The van der Waals surface area contributed by atoms with Crippen molar-refractivity contribution in [1.82, 2.24) is 0 Å². The van der Waals surface area contributed by atoms with Crippen LogP contribution in [-0.2, 0) is 0 Å². The highest BCUT2D eigenvalue weighted by Crippen LogP contribution is 2.53. The summed E-state index contributed by atoms with van der Waals surface area (Å²) in [5.41, 5.74) is 1.33. The largest absolute Gasteiger partial charge is 0.0773 e. The lowest BCUT2D eigenvalue weighted by atomic mass is 9.56. The summed E-state index contributed by atoms with van der Waals surface area (Å²) in [5, 5.41) is 0. The van der Waals surface area contributed by atoms with Crippen LogP contribution >= 0.6 is 0 Å². The maximum atomic E-state index is 5.98. The van der Waals surface area contributed by atoms with E-state index in [0.29, 0.717) is 16.6 Å². The fraction of sp³-hybridized carbons (Fsp3) is 1.00. The summed E-state index contributed by atoms with van der Waals surface area (Å²) >= 11 is 0. The van der Waals surface area contributed by atoms with Gasteiger partial charge in [-0.05, 0) is 49.4 Å². The summed E-state index contributed by atoms with van der Waals surface area (Å²) in [4.78, 5) is 0. The van der Waals surface area contributed by atoms with Gasteiger partial charge in [-0.25, -0.2) is 0 Å². The van der Waals surface area contributed by atoms with Crippen LogP contribution in [0.3, 0.4) is 0 Å². The Morgan fingerprint density at radius 2 is 1.36 bits per heavy atom. The molecule has 0 unspecified atom stereocenters. The quantitative estimate of drug-likeness (QED) is 0.504. The van der Waals surface area contributed by atoms with E-state index < -0.39 is 0 Å². The monoisotopic (exact) mass is 190 g/mol. The minimum absolute atomic E-state index is 0.510. The van der Waals surface area contributed by atoms with Crippen LogP contribution in [0.25, 0.3) is 0 Å². The molecule has 1 heteroatoms. The van der Waals surface area contributed by atoms with Crippen molar-refractivity contribution in [3.05, 3.63) is 0 Å².